The molecule has 0 aliphatic heterocycles. The largest absolute Gasteiger partial charge is 0.399 e. The van der Waals surface area contributed by atoms with Crippen molar-refractivity contribution in [3.63, 3.8) is 0 Å². The van der Waals surface area contributed by atoms with Gasteiger partial charge in [0.05, 0.1) is 23.4 Å². The molecule has 3 aromatic rings. The van der Waals surface area contributed by atoms with Gasteiger partial charge in [-0.15, -0.1) is 0 Å². The van der Waals surface area contributed by atoms with E-state index in [4.69, 9.17) is 26.9 Å². The SMILES string of the molecule is Cc1cc(N(CCO)CCO)ccc1N.N#CSc1ccc2nc(N)sc2c1. The minimum Gasteiger partial charge on any atom is -0.399 e. The lowest BCUT2D eigenvalue weighted by Crippen LogP contribution is -2.29. The Labute approximate surface area is 172 Å². The van der Waals surface area contributed by atoms with Gasteiger partial charge in [-0.1, -0.05) is 11.3 Å². The highest BCUT2D eigenvalue weighted by atomic mass is 32.2. The topological polar surface area (TPSA) is 132 Å². The van der Waals surface area contributed by atoms with Crippen molar-refractivity contribution in [3.05, 3.63) is 42.0 Å². The minimum absolute atomic E-state index is 0.0728. The average Bonchev–Trinajstić information content (AvgIpc) is 3.04. The van der Waals surface area contributed by atoms with Crippen LogP contribution in [0.2, 0.25) is 0 Å². The van der Waals surface area contributed by atoms with Gasteiger partial charge in [0.2, 0.25) is 0 Å². The van der Waals surface area contributed by atoms with Crippen LogP contribution in [0.4, 0.5) is 16.5 Å². The van der Waals surface area contributed by atoms with E-state index in [9.17, 15) is 0 Å². The average molecular weight is 418 g/mol. The van der Waals surface area contributed by atoms with Crippen LogP contribution < -0.4 is 16.4 Å². The number of rotatable bonds is 6. The third kappa shape index (κ3) is 6.00. The molecule has 3 rings (SSSR count). The zero-order valence-electron chi connectivity index (χ0n) is 15.5. The maximum atomic E-state index is 8.90. The second kappa shape index (κ2) is 10.7. The molecule has 0 saturated carbocycles. The Bertz CT molecular complexity index is 949. The summed E-state index contributed by atoms with van der Waals surface area (Å²) < 4.78 is 1.03. The van der Waals surface area contributed by atoms with Gasteiger partial charge in [-0.25, -0.2) is 4.98 Å². The molecule has 6 N–H and O–H groups in total. The first-order valence-corrected chi connectivity index (χ1v) is 10.2. The maximum Gasteiger partial charge on any atom is 0.181 e. The summed E-state index contributed by atoms with van der Waals surface area (Å²) in [5.41, 5.74) is 14.9. The zero-order valence-corrected chi connectivity index (χ0v) is 17.1. The number of benzene rings is 2. The highest BCUT2D eigenvalue weighted by Gasteiger charge is 2.06. The molecule has 0 bridgehead atoms. The number of hydrogen-bond donors (Lipinski definition) is 4. The number of nitriles is 1. The molecule has 2 aromatic carbocycles. The summed E-state index contributed by atoms with van der Waals surface area (Å²) >= 11 is 2.58. The van der Waals surface area contributed by atoms with Gasteiger partial charge < -0.3 is 26.6 Å². The van der Waals surface area contributed by atoms with Gasteiger partial charge in [-0.05, 0) is 60.6 Å². The van der Waals surface area contributed by atoms with Crippen LogP contribution in [0.3, 0.4) is 0 Å². The Morgan fingerprint density at radius 3 is 2.46 bits per heavy atom. The fourth-order valence-corrected chi connectivity index (χ4v) is 3.77. The first kappa shape index (κ1) is 21.8. The lowest BCUT2D eigenvalue weighted by atomic mass is 10.1. The summed E-state index contributed by atoms with van der Waals surface area (Å²) in [6, 6.07) is 11.4. The number of aromatic nitrogens is 1. The molecule has 1 aromatic heterocycles. The summed E-state index contributed by atoms with van der Waals surface area (Å²) in [5, 5.41) is 28.9. The van der Waals surface area contributed by atoms with Gasteiger partial charge in [-0.3, -0.25) is 0 Å². The highest BCUT2D eigenvalue weighted by molar-refractivity contribution is 8.03. The number of anilines is 3. The van der Waals surface area contributed by atoms with Crippen molar-refractivity contribution in [2.45, 2.75) is 11.8 Å². The van der Waals surface area contributed by atoms with Crippen LogP contribution in [-0.4, -0.2) is 41.5 Å². The van der Waals surface area contributed by atoms with E-state index in [1.807, 2.05) is 53.6 Å². The standard InChI is InChI=1S/C11H18N2O2.C8H5N3S2/c1-9-8-10(2-3-11(9)12)13(4-6-14)5-7-15;9-4-12-5-1-2-6-7(3-5)13-8(10)11-6/h2-3,8,14-15H,4-7,12H2,1H3;1-3H,(H2,10,11). The molecule has 0 amide bonds. The van der Waals surface area contributed by atoms with Crippen LogP contribution in [0.15, 0.2) is 41.3 Å². The molecule has 7 nitrogen and oxygen atoms in total. The van der Waals surface area contributed by atoms with Gasteiger partial charge in [0.1, 0.15) is 5.40 Å². The monoisotopic (exact) mass is 417 g/mol. The number of fused-ring (bicyclic) bond motifs is 1. The Morgan fingerprint density at radius 2 is 1.86 bits per heavy atom. The molecule has 28 heavy (non-hydrogen) atoms. The molecular formula is C19H23N5O2S2. The van der Waals surface area contributed by atoms with Crippen LogP contribution >= 0.6 is 23.1 Å². The lowest BCUT2D eigenvalue weighted by Gasteiger charge is -2.23. The van der Waals surface area contributed by atoms with Crippen molar-refractivity contribution < 1.29 is 10.2 Å². The lowest BCUT2D eigenvalue weighted by molar-refractivity contribution is 0.281. The van der Waals surface area contributed by atoms with Crippen LogP contribution in [-0.2, 0) is 0 Å². The third-order valence-corrected chi connectivity index (χ3v) is 5.33. The van der Waals surface area contributed by atoms with E-state index < -0.39 is 0 Å². The molecule has 0 spiro atoms. The summed E-state index contributed by atoms with van der Waals surface area (Å²) in [5.74, 6) is 0. The van der Waals surface area contributed by atoms with Gasteiger partial charge in [-0.2, -0.15) is 5.26 Å². The quantitative estimate of drug-likeness (QED) is 0.273. The first-order valence-electron chi connectivity index (χ1n) is 8.53. The summed E-state index contributed by atoms with van der Waals surface area (Å²) in [6.45, 7) is 3.12. The molecule has 9 heteroatoms. The smallest absolute Gasteiger partial charge is 0.181 e. The van der Waals surface area contributed by atoms with Crippen molar-refractivity contribution in [2.24, 2.45) is 0 Å². The van der Waals surface area contributed by atoms with E-state index in [0.717, 1.165) is 43.8 Å². The number of thiocyanates is 1. The molecule has 0 aliphatic carbocycles. The second-order valence-corrected chi connectivity index (χ2v) is 7.77. The van der Waals surface area contributed by atoms with E-state index in [2.05, 4.69) is 4.98 Å². The highest BCUT2D eigenvalue weighted by Crippen LogP contribution is 2.28. The van der Waals surface area contributed by atoms with Crippen molar-refractivity contribution in [1.29, 1.82) is 5.26 Å². The van der Waals surface area contributed by atoms with Crippen molar-refractivity contribution >= 4 is 49.8 Å². The van der Waals surface area contributed by atoms with Gasteiger partial charge in [0, 0.05) is 29.4 Å². The number of aryl methyl sites for hydroxylation is 1. The van der Waals surface area contributed by atoms with Crippen LogP contribution in [0.5, 0.6) is 0 Å². The second-order valence-electron chi connectivity index (χ2n) is 5.85. The number of nitrogen functional groups attached to an aromatic ring is 2. The fourth-order valence-electron chi connectivity index (χ4n) is 2.51. The maximum absolute atomic E-state index is 8.90. The summed E-state index contributed by atoms with van der Waals surface area (Å²) in [6.07, 6.45) is 0. The molecule has 0 saturated heterocycles. The predicted molar refractivity (Wildman–Crippen MR) is 117 cm³/mol. The van der Waals surface area contributed by atoms with Crippen LogP contribution in [0, 0.1) is 17.6 Å². The number of nitrogens with zero attached hydrogens (tertiary/aromatic N) is 3. The molecule has 0 radical (unpaired) electrons. The molecule has 0 unspecified atom stereocenters. The Balaban J connectivity index is 0.000000202. The number of nitrogens with two attached hydrogens (primary N) is 2. The number of aliphatic hydroxyl groups excluding tert-OH is 2. The van der Waals surface area contributed by atoms with Gasteiger partial charge in [0.15, 0.2) is 5.13 Å². The molecule has 1 heterocycles. The van der Waals surface area contributed by atoms with E-state index in [1.165, 1.54) is 11.3 Å². The molecule has 148 valence electrons. The molecule has 0 atom stereocenters. The molecule has 0 aliphatic rings. The predicted octanol–water partition coefficient (Wildman–Crippen LogP) is 2.82. The molecular weight excluding hydrogens is 394 g/mol. The molecule has 0 fully saturated rings. The minimum atomic E-state index is 0.0728. The Kier molecular flexibility index (Phi) is 8.35. The normalized spacial score (nSPS) is 10.2. The number of hydrogen-bond acceptors (Lipinski definition) is 9. The van der Waals surface area contributed by atoms with E-state index in [1.54, 1.807) is 0 Å². The van der Waals surface area contributed by atoms with Crippen LogP contribution in [0.1, 0.15) is 5.56 Å². The Hall–Kier alpha value is -2.51. The number of thioether (sulfide) groups is 1. The number of thiazole rings is 1. The van der Waals surface area contributed by atoms with Crippen LogP contribution in [0.25, 0.3) is 10.2 Å². The van der Waals surface area contributed by atoms with Crippen molar-refractivity contribution in [1.82, 2.24) is 4.98 Å². The Morgan fingerprint density at radius 1 is 1.14 bits per heavy atom. The zero-order chi connectivity index (χ0) is 20.5. The summed E-state index contributed by atoms with van der Waals surface area (Å²) in [7, 11) is 0. The number of aliphatic hydroxyl groups is 2. The first-order chi connectivity index (χ1) is 13.5. The van der Waals surface area contributed by atoms with E-state index in [-0.39, 0.29) is 13.2 Å². The van der Waals surface area contributed by atoms with Crippen molar-refractivity contribution in [2.75, 3.05) is 42.7 Å². The third-order valence-electron chi connectivity index (χ3n) is 3.90. The van der Waals surface area contributed by atoms with Crippen molar-refractivity contribution in [3.8, 4) is 5.40 Å². The van der Waals surface area contributed by atoms with Gasteiger partial charge >= 0.3 is 0 Å². The fraction of sp³-hybridized carbons (Fsp3) is 0.263. The summed E-state index contributed by atoms with van der Waals surface area (Å²) in [4.78, 5) is 6.97. The van der Waals surface area contributed by atoms with E-state index in [0.29, 0.717) is 18.2 Å². The van der Waals surface area contributed by atoms with Gasteiger partial charge in [0.25, 0.3) is 0 Å². The van der Waals surface area contributed by atoms with E-state index >= 15 is 0 Å².